The number of β-lactam (4-membered cyclic amide) rings is 1. The summed E-state index contributed by atoms with van der Waals surface area (Å²) in [5, 5.41) is 3.07. The predicted octanol–water partition coefficient (Wildman–Crippen LogP) is 5.52. The van der Waals surface area contributed by atoms with Gasteiger partial charge in [0.2, 0.25) is 11.8 Å². The lowest BCUT2D eigenvalue weighted by Gasteiger charge is -2.53. The Morgan fingerprint density at radius 3 is 2.19 bits per heavy atom. The van der Waals surface area contributed by atoms with Crippen LogP contribution < -0.4 is 5.32 Å². The van der Waals surface area contributed by atoms with Crippen molar-refractivity contribution in [2.24, 2.45) is 5.41 Å². The minimum Gasteiger partial charge on any atom is -0.380 e. The summed E-state index contributed by atoms with van der Waals surface area (Å²) < 4.78 is 11.7. The zero-order chi connectivity index (χ0) is 31.3. The lowest BCUT2D eigenvalue weighted by atomic mass is 9.72. The predicted molar refractivity (Wildman–Crippen MR) is 167 cm³/mol. The summed E-state index contributed by atoms with van der Waals surface area (Å²) in [7, 11) is 0. The van der Waals surface area contributed by atoms with Gasteiger partial charge in [0.15, 0.2) is 6.23 Å². The number of carbonyl (C=O) groups excluding carboxylic acids is 3. The van der Waals surface area contributed by atoms with Crippen LogP contribution in [0.15, 0.2) is 24.3 Å². The molecule has 1 aromatic rings. The molecule has 1 heterocycles. The maximum Gasteiger partial charge on any atom is 0.326 e. The summed E-state index contributed by atoms with van der Waals surface area (Å²) in [6.07, 6.45) is 2.73. The molecular weight excluding hydrogens is 532 g/mol. The number of ether oxygens (including phenoxy) is 2. The second-order valence-electron chi connectivity index (χ2n) is 11.6. The molecule has 0 radical (unpaired) electrons. The van der Waals surface area contributed by atoms with E-state index in [1.54, 1.807) is 0 Å². The van der Waals surface area contributed by atoms with Gasteiger partial charge in [0.25, 0.3) is 0 Å². The third-order valence-electron chi connectivity index (χ3n) is 8.51. The Hall–Kier alpha value is -2.49. The van der Waals surface area contributed by atoms with E-state index in [1.807, 2.05) is 63.8 Å². The van der Waals surface area contributed by atoms with Gasteiger partial charge >= 0.3 is 6.03 Å². The molecule has 238 valence electrons. The average Bonchev–Trinajstić information content (AvgIpc) is 2.96. The van der Waals surface area contributed by atoms with Gasteiger partial charge in [-0.25, -0.2) is 9.69 Å². The van der Waals surface area contributed by atoms with Crippen molar-refractivity contribution in [2.75, 3.05) is 46.0 Å². The molecule has 1 aliphatic rings. The first kappa shape index (κ1) is 35.7. The van der Waals surface area contributed by atoms with Crippen LogP contribution in [0.25, 0.3) is 0 Å². The Morgan fingerprint density at radius 2 is 1.64 bits per heavy atom. The van der Waals surface area contributed by atoms with Gasteiger partial charge in [-0.2, -0.15) is 0 Å². The van der Waals surface area contributed by atoms with Gasteiger partial charge in [-0.15, -0.1) is 0 Å². The van der Waals surface area contributed by atoms with Crippen molar-refractivity contribution in [3.8, 4) is 0 Å². The van der Waals surface area contributed by atoms with E-state index in [4.69, 9.17) is 9.47 Å². The molecule has 0 spiro atoms. The van der Waals surface area contributed by atoms with Gasteiger partial charge < -0.3 is 19.7 Å². The van der Waals surface area contributed by atoms with E-state index in [-0.39, 0.29) is 24.5 Å². The van der Waals surface area contributed by atoms with Crippen molar-refractivity contribution in [3.63, 3.8) is 0 Å². The first-order valence-corrected chi connectivity index (χ1v) is 16.0. The van der Waals surface area contributed by atoms with Crippen LogP contribution in [0.1, 0.15) is 97.7 Å². The number of imide groups is 1. The van der Waals surface area contributed by atoms with Gasteiger partial charge in [-0.1, -0.05) is 63.9 Å². The normalized spacial score (nSPS) is 17.0. The fourth-order valence-corrected chi connectivity index (χ4v) is 5.67. The van der Waals surface area contributed by atoms with Gasteiger partial charge in [-0.05, 0) is 58.9 Å². The van der Waals surface area contributed by atoms with Crippen LogP contribution in [0.5, 0.6) is 0 Å². The fraction of sp³-hybridized carbons (Fsp3) is 0.727. The molecule has 2 atom stereocenters. The van der Waals surface area contributed by atoms with E-state index in [0.717, 1.165) is 43.5 Å². The molecule has 0 unspecified atom stereocenters. The number of amides is 4. The summed E-state index contributed by atoms with van der Waals surface area (Å²) in [6.45, 7) is 20.2. The zero-order valence-corrected chi connectivity index (χ0v) is 27.4. The molecule has 0 aromatic heterocycles. The molecule has 1 N–H and O–H groups in total. The monoisotopic (exact) mass is 588 g/mol. The van der Waals surface area contributed by atoms with Crippen molar-refractivity contribution >= 4 is 17.8 Å². The molecule has 1 aromatic carbocycles. The van der Waals surface area contributed by atoms with Crippen LogP contribution in [0, 0.1) is 12.3 Å². The van der Waals surface area contributed by atoms with E-state index in [9.17, 15) is 14.4 Å². The SMILES string of the molecule is CCC[C@@H](NC(=O)N1C(=O)C(CC)(CC)[C@@H]1OCC(=O)N(CCC)CCN(CCOCC)C(C)C)c1ccc(C)cc1. The third-order valence-corrected chi connectivity index (χ3v) is 8.51. The Balaban J connectivity index is 2.13. The van der Waals surface area contributed by atoms with Crippen molar-refractivity contribution < 1.29 is 23.9 Å². The smallest absolute Gasteiger partial charge is 0.326 e. The second-order valence-corrected chi connectivity index (χ2v) is 11.6. The number of urea groups is 1. The highest BCUT2D eigenvalue weighted by Crippen LogP contribution is 2.46. The van der Waals surface area contributed by atoms with Gasteiger partial charge in [0.05, 0.1) is 18.1 Å². The van der Waals surface area contributed by atoms with Crippen LogP contribution in [-0.2, 0) is 19.1 Å². The average molecular weight is 589 g/mol. The highest BCUT2D eigenvalue weighted by molar-refractivity contribution is 6.03. The Bertz CT molecular complexity index is 979. The Labute approximate surface area is 254 Å². The van der Waals surface area contributed by atoms with Crippen molar-refractivity contribution in [1.82, 2.24) is 20.0 Å². The van der Waals surface area contributed by atoms with Crippen LogP contribution in [-0.4, -0.2) is 90.8 Å². The zero-order valence-electron chi connectivity index (χ0n) is 27.4. The fourth-order valence-electron chi connectivity index (χ4n) is 5.67. The van der Waals surface area contributed by atoms with Gasteiger partial charge in [-0.3, -0.25) is 14.5 Å². The number of hydrogen-bond donors (Lipinski definition) is 1. The quantitative estimate of drug-likeness (QED) is 0.169. The van der Waals surface area contributed by atoms with Crippen molar-refractivity contribution in [3.05, 3.63) is 35.4 Å². The number of aryl methyl sites for hydroxylation is 1. The van der Waals surface area contributed by atoms with Gasteiger partial charge in [0, 0.05) is 38.8 Å². The molecule has 2 rings (SSSR count). The minimum absolute atomic E-state index is 0.130. The van der Waals surface area contributed by atoms with Crippen molar-refractivity contribution in [2.45, 2.75) is 106 Å². The largest absolute Gasteiger partial charge is 0.380 e. The second kappa shape index (κ2) is 17.6. The highest BCUT2D eigenvalue weighted by atomic mass is 16.5. The van der Waals surface area contributed by atoms with E-state index in [0.29, 0.717) is 45.2 Å². The third kappa shape index (κ3) is 9.01. The molecule has 1 aliphatic heterocycles. The van der Waals surface area contributed by atoms with E-state index >= 15 is 0 Å². The van der Waals surface area contributed by atoms with Gasteiger partial charge in [0.1, 0.15) is 6.61 Å². The molecule has 1 fully saturated rings. The number of hydrogen-bond acceptors (Lipinski definition) is 6. The number of nitrogens with one attached hydrogen (secondary N) is 1. The topological polar surface area (TPSA) is 91.4 Å². The number of benzene rings is 1. The van der Waals surface area contributed by atoms with Crippen LogP contribution >= 0.6 is 0 Å². The number of likely N-dealkylation sites (tertiary alicyclic amines) is 1. The summed E-state index contributed by atoms with van der Waals surface area (Å²) in [6, 6.07) is 7.72. The molecule has 0 saturated carbocycles. The van der Waals surface area contributed by atoms with Crippen LogP contribution in [0.2, 0.25) is 0 Å². The van der Waals surface area contributed by atoms with E-state index < -0.39 is 17.7 Å². The standard InChI is InChI=1S/C33H56N4O5/c1-9-14-28(27-17-15-26(8)16-18-27)34-32(40)37-30(39)33(11-3,12-4)31(37)42-24-29(38)36(19-10-2)21-20-35(25(6)7)22-23-41-13-5/h15-18,25,28,31H,9-14,19-24H2,1-8H3,(H,34,40)/t28-,31+/m1/s1. The number of nitrogens with zero attached hydrogens (tertiary/aromatic N) is 3. The Kier molecular flexibility index (Phi) is 14.9. The Morgan fingerprint density at radius 1 is 0.976 bits per heavy atom. The number of rotatable bonds is 19. The highest BCUT2D eigenvalue weighted by Gasteiger charge is 2.62. The molecule has 9 heteroatoms. The minimum atomic E-state index is -0.814. The van der Waals surface area contributed by atoms with E-state index in [2.05, 4.69) is 31.0 Å². The van der Waals surface area contributed by atoms with Crippen molar-refractivity contribution in [1.29, 1.82) is 0 Å². The molecule has 0 aliphatic carbocycles. The maximum absolute atomic E-state index is 13.5. The molecule has 9 nitrogen and oxygen atoms in total. The molecule has 0 bridgehead atoms. The lowest BCUT2D eigenvalue weighted by Crippen LogP contribution is -2.72. The summed E-state index contributed by atoms with van der Waals surface area (Å²) in [5.74, 6) is -0.372. The first-order valence-electron chi connectivity index (χ1n) is 16.0. The number of carbonyl (C=O) groups is 3. The van der Waals surface area contributed by atoms with Crippen LogP contribution in [0.3, 0.4) is 0 Å². The van der Waals surface area contributed by atoms with Crippen LogP contribution in [0.4, 0.5) is 4.79 Å². The molecule has 42 heavy (non-hydrogen) atoms. The van der Waals surface area contributed by atoms with E-state index in [1.165, 1.54) is 4.90 Å². The molecule has 4 amide bonds. The summed E-state index contributed by atoms with van der Waals surface area (Å²) in [4.78, 5) is 45.7. The molecular formula is C33H56N4O5. The summed E-state index contributed by atoms with van der Waals surface area (Å²) in [5.41, 5.74) is 1.33. The maximum atomic E-state index is 13.5. The summed E-state index contributed by atoms with van der Waals surface area (Å²) >= 11 is 0. The molecule has 1 saturated heterocycles. The first-order chi connectivity index (χ1) is 20.1. The lowest BCUT2D eigenvalue weighted by molar-refractivity contribution is -0.212.